The number of nitrogens with zero attached hydrogens (tertiary/aromatic N) is 1. The molecule has 2 aliphatic carbocycles. The fraction of sp³-hybridized carbons (Fsp3) is 0.606. The SMILES string of the molecule is C=CCNC(=O)C(=O)C(CCC)NC(=O)[C@@H]1[C@H]2[C@@H](CN1C(=O)[C@@H](NC(=O)OC(C)(C)C)C1Cc3ccccc3C1)C2(C)C. The van der Waals surface area contributed by atoms with Crippen LogP contribution < -0.4 is 16.0 Å². The number of alkyl carbamates (subject to hydrolysis) is 1. The van der Waals surface area contributed by atoms with Crippen LogP contribution in [0.25, 0.3) is 0 Å². The minimum Gasteiger partial charge on any atom is -0.444 e. The first kappa shape index (κ1) is 32.2. The molecule has 0 radical (unpaired) electrons. The van der Waals surface area contributed by atoms with Crippen molar-refractivity contribution in [2.75, 3.05) is 13.1 Å². The fourth-order valence-electron chi connectivity index (χ4n) is 6.86. The van der Waals surface area contributed by atoms with Crippen molar-refractivity contribution in [1.82, 2.24) is 20.9 Å². The zero-order valence-electron chi connectivity index (χ0n) is 26.2. The van der Waals surface area contributed by atoms with Crippen LogP contribution >= 0.6 is 0 Å². The minimum atomic E-state index is -1.01. The summed E-state index contributed by atoms with van der Waals surface area (Å²) < 4.78 is 5.53. The van der Waals surface area contributed by atoms with Crippen molar-refractivity contribution in [3.05, 3.63) is 48.0 Å². The molecule has 1 saturated carbocycles. The Kier molecular flexibility index (Phi) is 9.37. The third-order valence-corrected chi connectivity index (χ3v) is 9.09. The van der Waals surface area contributed by atoms with Gasteiger partial charge in [-0.05, 0) is 74.3 Å². The van der Waals surface area contributed by atoms with Gasteiger partial charge in [0.1, 0.15) is 17.7 Å². The Balaban J connectivity index is 1.59. The Morgan fingerprint density at radius 1 is 1.09 bits per heavy atom. The topological polar surface area (TPSA) is 134 Å². The number of amides is 4. The second-order valence-electron chi connectivity index (χ2n) is 13.7. The Bertz CT molecular complexity index is 1260. The van der Waals surface area contributed by atoms with E-state index >= 15 is 0 Å². The van der Waals surface area contributed by atoms with E-state index in [1.165, 1.54) is 6.08 Å². The molecule has 2 fully saturated rings. The molecule has 3 N–H and O–H groups in total. The second-order valence-corrected chi connectivity index (χ2v) is 13.7. The Hall–Kier alpha value is -3.69. The van der Waals surface area contributed by atoms with E-state index in [2.05, 4.69) is 36.4 Å². The Morgan fingerprint density at radius 2 is 1.72 bits per heavy atom. The van der Waals surface area contributed by atoms with Crippen LogP contribution in [0.2, 0.25) is 0 Å². The van der Waals surface area contributed by atoms with Gasteiger partial charge in [-0.15, -0.1) is 6.58 Å². The average Bonchev–Trinajstić information content (AvgIpc) is 3.30. The van der Waals surface area contributed by atoms with Gasteiger partial charge in [-0.2, -0.15) is 0 Å². The third-order valence-electron chi connectivity index (χ3n) is 9.09. The van der Waals surface area contributed by atoms with Crippen molar-refractivity contribution < 1.29 is 28.7 Å². The molecule has 3 aliphatic rings. The van der Waals surface area contributed by atoms with E-state index in [-0.39, 0.29) is 42.0 Å². The summed E-state index contributed by atoms with van der Waals surface area (Å²) in [5.74, 6) is -2.53. The number of Topliss-reactive ketones (excluding diaryl/α,β-unsaturated/α-hetero) is 1. The number of hydrogen-bond acceptors (Lipinski definition) is 6. The lowest BCUT2D eigenvalue weighted by atomic mass is 9.93. The van der Waals surface area contributed by atoms with E-state index in [1.54, 1.807) is 25.7 Å². The molecular weight excluding hydrogens is 548 g/mol. The van der Waals surface area contributed by atoms with Crippen molar-refractivity contribution in [3.63, 3.8) is 0 Å². The van der Waals surface area contributed by atoms with Gasteiger partial charge in [0.25, 0.3) is 5.91 Å². The van der Waals surface area contributed by atoms with Gasteiger partial charge in [0, 0.05) is 13.1 Å². The van der Waals surface area contributed by atoms with E-state index in [0.29, 0.717) is 25.8 Å². The lowest BCUT2D eigenvalue weighted by molar-refractivity contribution is -0.144. The predicted molar refractivity (Wildman–Crippen MR) is 162 cm³/mol. The molecule has 43 heavy (non-hydrogen) atoms. The first-order valence-corrected chi connectivity index (χ1v) is 15.3. The molecule has 1 saturated heterocycles. The van der Waals surface area contributed by atoms with Gasteiger partial charge in [0.05, 0.1) is 6.04 Å². The molecule has 1 heterocycles. The Morgan fingerprint density at radius 3 is 2.28 bits per heavy atom. The number of ketones is 1. The number of carbonyl (C=O) groups excluding carboxylic acids is 5. The molecule has 0 bridgehead atoms. The normalized spacial score (nSPS) is 23.3. The number of fused-ring (bicyclic) bond motifs is 2. The zero-order valence-corrected chi connectivity index (χ0v) is 26.2. The van der Waals surface area contributed by atoms with Crippen molar-refractivity contribution in [3.8, 4) is 0 Å². The van der Waals surface area contributed by atoms with Gasteiger partial charge in [-0.25, -0.2) is 4.79 Å². The van der Waals surface area contributed by atoms with Crippen molar-refractivity contribution in [1.29, 1.82) is 0 Å². The highest BCUT2D eigenvalue weighted by atomic mass is 16.6. The lowest BCUT2D eigenvalue weighted by Gasteiger charge is -2.35. The van der Waals surface area contributed by atoms with Crippen LogP contribution in [-0.4, -0.2) is 71.3 Å². The molecule has 1 aromatic rings. The summed E-state index contributed by atoms with van der Waals surface area (Å²) in [5, 5.41) is 8.15. The number of nitrogens with one attached hydrogen (secondary N) is 3. The van der Waals surface area contributed by atoms with E-state index in [4.69, 9.17) is 4.74 Å². The molecule has 10 nitrogen and oxygen atoms in total. The van der Waals surface area contributed by atoms with E-state index < -0.39 is 47.4 Å². The zero-order chi connectivity index (χ0) is 31.7. The molecule has 1 unspecified atom stereocenters. The number of ether oxygens (including phenoxy) is 1. The molecule has 10 heteroatoms. The Labute approximate surface area is 254 Å². The van der Waals surface area contributed by atoms with Crippen molar-refractivity contribution >= 4 is 29.6 Å². The van der Waals surface area contributed by atoms with Crippen molar-refractivity contribution in [2.45, 2.75) is 91.0 Å². The molecule has 1 aromatic carbocycles. The average molecular weight is 595 g/mol. The highest BCUT2D eigenvalue weighted by Crippen LogP contribution is 2.65. The van der Waals surface area contributed by atoms with Crippen LogP contribution in [0.3, 0.4) is 0 Å². The smallest absolute Gasteiger partial charge is 0.408 e. The molecule has 0 spiro atoms. The van der Waals surface area contributed by atoms with Crippen LogP contribution in [0.5, 0.6) is 0 Å². The van der Waals surface area contributed by atoms with Gasteiger partial charge < -0.3 is 25.6 Å². The van der Waals surface area contributed by atoms with Crippen LogP contribution in [-0.2, 0) is 36.8 Å². The van der Waals surface area contributed by atoms with Crippen LogP contribution in [0.1, 0.15) is 65.5 Å². The number of benzene rings is 1. The summed E-state index contributed by atoms with van der Waals surface area (Å²) in [7, 11) is 0. The molecule has 1 aliphatic heterocycles. The number of carbonyl (C=O) groups is 5. The third kappa shape index (κ3) is 6.94. The maximum atomic E-state index is 14.4. The second kappa shape index (κ2) is 12.5. The first-order valence-electron chi connectivity index (χ1n) is 15.3. The van der Waals surface area contributed by atoms with Crippen LogP contribution in [0.4, 0.5) is 4.79 Å². The van der Waals surface area contributed by atoms with Crippen LogP contribution in [0.15, 0.2) is 36.9 Å². The molecular formula is C33H46N4O6. The maximum absolute atomic E-state index is 14.4. The number of piperidine rings is 1. The lowest BCUT2D eigenvalue weighted by Crippen LogP contribution is -2.59. The van der Waals surface area contributed by atoms with E-state index in [9.17, 15) is 24.0 Å². The highest BCUT2D eigenvalue weighted by Gasteiger charge is 2.69. The monoisotopic (exact) mass is 594 g/mol. The van der Waals surface area contributed by atoms with Gasteiger partial charge >= 0.3 is 6.09 Å². The van der Waals surface area contributed by atoms with Gasteiger partial charge in [-0.1, -0.05) is 57.5 Å². The summed E-state index contributed by atoms with van der Waals surface area (Å²) in [4.78, 5) is 68.2. The molecule has 234 valence electrons. The molecule has 5 atom stereocenters. The van der Waals surface area contributed by atoms with Gasteiger partial charge in [0.15, 0.2) is 0 Å². The number of likely N-dealkylation sites (tertiary alicyclic amines) is 1. The maximum Gasteiger partial charge on any atom is 0.408 e. The largest absolute Gasteiger partial charge is 0.444 e. The molecule has 0 aromatic heterocycles. The fourth-order valence-corrected chi connectivity index (χ4v) is 6.86. The summed E-state index contributed by atoms with van der Waals surface area (Å²) in [6, 6.07) is 5.23. The molecule has 4 amide bonds. The number of rotatable bonds is 11. The van der Waals surface area contributed by atoms with E-state index in [0.717, 1.165) is 11.1 Å². The van der Waals surface area contributed by atoms with Gasteiger partial charge in [0.2, 0.25) is 17.6 Å². The van der Waals surface area contributed by atoms with Crippen LogP contribution in [0, 0.1) is 23.2 Å². The minimum absolute atomic E-state index is 0.103. The standard InChI is InChI=1S/C33H46N4O6/c1-8-12-23(27(38)29(40)34-15-9-2)35-28(39)26-24-22(33(24,6)7)18-37(26)30(41)25(36-31(42)43-32(3,4)5)21-16-19-13-10-11-14-20(19)17-21/h9-11,13-14,21-26H,2,8,12,15-18H2,1,3-7H3,(H,34,40)(H,35,39)(H,36,42)/t22-,23?,24-,25+,26+/m1/s1. The quantitative estimate of drug-likeness (QED) is 0.267. The summed E-state index contributed by atoms with van der Waals surface area (Å²) in [5.41, 5.74) is 1.34. The molecule has 4 rings (SSSR count). The highest BCUT2D eigenvalue weighted by molar-refractivity contribution is 6.38. The van der Waals surface area contributed by atoms with Crippen molar-refractivity contribution in [2.24, 2.45) is 23.2 Å². The number of hydrogen-bond donors (Lipinski definition) is 3. The summed E-state index contributed by atoms with van der Waals surface area (Å²) in [6.45, 7) is 15.4. The van der Waals surface area contributed by atoms with E-state index in [1.807, 2.05) is 31.2 Å². The first-order chi connectivity index (χ1) is 20.2. The summed E-state index contributed by atoms with van der Waals surface area (Å²) >= 11 is 0. The summed E-state index contributed by atoms with van der Waals surface area (Å²) in [6.07, 6.45) is 2.86. The predicted octanol–water partition coefficient (Wildman–Crippen LogP) is 2.93. The van der Waals surface area contributed by atoms with Gasteiger partial charge in [-0.3, -0.25) is 19.2 Å².